The molecule has 9 heteroatoms. The molecule has 154 valence electrons. The number of carbonyl (C=O) groups excluding carboxylic acids is 1. The van der Waals surface area contributed by atoms with Crippen LogP contribution in [0.2, 0.25) is 0 Å². The standard InChI is InChI=1S/C21H23N7O2/c1-13(2)19-23-20(30-25-19)18-12-28(26-24-18)14-5-4-10-27(11-14)21(29)16-6-3-7-17-15(16)8-9-22-17/h3,6-9,12-14,22H,4-5,10-11H2,1-2H3. The molecule has 1 N–H and O–H groups in total. The largest absolute Gasteiger partial charge is 0.361 e. The highest BCUT2D eigenvalue weighted by Crippen LogP contribution is 2.26. The smallest absolute Gasteiger partial charge is 0.280 e. The molecule has 1 fully saturated rings. The Morgan fingerprint density at radius 2 is 2.20 bits per heavy atom. The fraction of sp³-hybridized carbons (Fsp3) is 0.381. The number of benzene rings is 1. The summed E-state index contributed by atoms with van der Waals surface area (Å²) in [6.07, 6.45) is 5.53. The Morgan fingerprint density at radius 1 is 1.30 bits per heavy atom. The van der Waals surface area contributed by atoms with Crippen LogP contribution in [0.3, 0.4) is 0 Å². The Balaban J connectivity index is 1.35. The second-order valence-electron chi connectivity index (χ2n) is 7.99. The van der Waals surface area contributed by atoms with E-state index < -0.39 is 0 Å². The number of amides is 1. The van der Waals surface area contributed by atoms with Crippen LogP contribution >= 0.6 is 0 Å². The minimum atomic E-state index is 0.0451. The quantitative estimate of drug-likeness (QED) is 0.558. The first-order valence-corrected chi connectivity index (χ1v) is 10.2. The SMILES string of the molecule is CC(C)c1noc(-c2cn(C3CCCN(C(=O)c4cccc5[nH]ccc45)C3)nn2)n1. The Bertz CT molecular complexity index is 1190. The first kappa shape index (κ1) is 18.5. The van der Waals surface area contributed by atoms with Gasteiger partial charge in [0.25, 0.3) is 11.8 Å². The van der Waals surface area contributed by atoms with Crippen LogP contribution in [-0.2, 0) is 0 Å². The monoisotopic (exact) mass is 405 g/mol. The molecule has 1 aromatic carbocycles. The van der Waals surface area contributed by atoms with Gasteiger partial charge in [0.05, 0.1) is 12.2 Å². The third-order valence-electron chi connectivity index (χ3n) is 5.57. The molecule has 0 spiro atoms. The Labute approximate surface area is 173 Å². The van der Waals surface area contributed by atoms with Crippen LogP contribution in [-0.4, -0.2) is 54.0 Å². The number of aromatic amines is 1. The summed E-state index contributed by atoms with van der Waals surface area (Å²) in [5.41, 5.74) is 2.24. The molecule has 1 aliphatic rings. The van der Waals surface area contributed by atoms with Crippen LogP contribution in [0.15, 0.2) is 41.2 Å². The van der Waals surface area contributed by atoms with Gasteiger partial charge >= 0.3 is 0 Å². The summed E-state index contributed by atoms with van der Waals surface area (Å²) < 4.78 is 7.13. The molecule has 4 aromatic rings. The number of hydrogen-bond acceptors (Lipinski definition) is 6. The highest BCUT2D eigenvalue weighted by molar-refractivity contribution is 6.06. The number of nitrogens with one attached hydrogen (secondary N) is 1. The van der Waals surface area contributed by atoms with Crippen molar-refractivity contribution >= 4 is 16.8 Å². The average molecular weight is 405 g/mol. The minimum Gasteiger partial charge on any atom is -0.361 e. The van der Waals surface area contributed by atoms with E-state index in [1.165, 1.54) is 0 Å². The predicted octanol–water partition coefficient (Wildman–Crippen LogP) is 3.41. The summed E-state index contributed by atoms with van der Waals surface area (Å²) in [7, 11) is 0. The van der Waals surface area contributed by atoms with E-state index in [2.05, 4.69) is 25.4 Å². The molecule has 4 heterocycles. The Morgan fingerprint density at radius 3 is 3.03 bits per heavy atom. The van der Waals surface area contributed by atoms with Gasteiger partial charge in [-0.2, -0.15) is 4.98 Å². The summed E-state index contributed by atoms with van der Waals surface area (Å²) in [6.45, 7) is 5.34. The van der Waals surface area contributed by atoms with Gasteiger partial charge in [0, 0.05) is 41.7 Å². The maximum Gasteiger partial charge on any atom is 0.280 e. The third-order valence-corrected chi connectivity index (χ3v) is 5.57. The van der Waals surface area contributed by atoms with Gasteiger partial charge in [-0.3, -0.25) is 4.79 Å². The van der Waals surface area contributed by atoms with Crippen molar-refractivity contribution in [3.8, 4) is 11.6 Å². The molecule has 0 aliphatic carbocycles. The van der Waals surface area contributed by atoms with Gasteiger partial charge in [-0.15, -0.1) is 5.10 Å². The zero-order valence-corrected chi connectivity index (χ0v) is 16.9. The zero-order chi connectivity index (χ0) is 20.7. The lowest BCUT2D eigenvalue weighted by molar-refractivity contribution is 0.0674. The molecule has 1 unspecified atom stereocenters. The third kappa shape index (κ3) is 3.26. The number of nitrogens with zero attached hydrogens (tertiary/aromatic N) is 6. The van der Waals surface area contributed by atoms with Crippen LogP contribution in [0.1, 0.15) is 54.8 Å². The van der Waals surface area contributed by atoms with Crippen molar-refractivity contribution in [2.45, 2.75) is 38.6 Å². The van der Waals surface area contributed by atoms with Crippen molar-refractivity contribution < 1.29 is 9.32 Å². The van der Waals surface area contributed by atoms with Crippen molar-refractivity contribution in [3.05, 3.63) is 48.0 Å². The highest BCUT2D eigenvalue weighted by Gasteiger charge is 2.28. The maximum absolute atomic E-state index is 13.2. The molecule has 0 radical (unpaired) electrons. The number of aromatic nitrogens is 6. The van der Waals surface area contributed by atoms with Crippen molar-refractivity contribution in [2.75, 3.05) is 13.1 Å². The van der Waals surface area contributed by atoms with Crippen LogP contribution in [0.25, 0.3) is 22.5 Å². The van der Waals surface area contributed by atoms with Gasteiger partial charge in [0.15, 0.2) is 11.5 Å². The molecule has 1 atom stereocenters. The summed E-state index contributed by atoms with van der Waals surface area (Å²) in [5.74, 6) is 1.24. The summed E-state index contributed by atoms with van der Waals surface area (Å²) in [6, 6.07) is 7.78. The van der Waals surface area contributed by atoms with E-state index in [4.69, 9.17) is 4.52 Å². The van der Waals surface area contributed by atoms with E-state index in [9.17, 15) is 4.79 Å². The average Bonchev–Trinajstić information content (AvgIpc) is 3.52. The number of fused-ring (bicyclic) bond motifs is 1. The number of piperidine rings is 1. The number of rotatable bonds is 4. The topological polar surface area (TPSA) is 106 Å². The lowest BCUT2D eigenvalue weighted by Gasteiger charge is -2.32. The molecule has 1 amide bonds. The highest BCUT2D eigenvalue weighted by atomic mass is 16.5. The van der Waals surface area contributed by atoms with Gasteiger partial charge in [0.1, 0.15) is 0 Å². The van der Waals surface area contributed by atoms with Crippen LogP contribution < -0.4 is 0 Å². The summed E-state index contributed by atoms with van der Waals surface area (Å²) in [4.78, 5) is 22.7. The molecule has 1 aliphatic heterocycles. The Hall–Kier alpha value is -3.49. The van der Waals surface area contributed by atoms with Crippen molar-refractivity contribution in [3.63, 3.8) is 0 Å². The minimum absolute atomic E-state index is 0.0451. The first-order valence-electron chi connectivity index (χ1n) is 10.2. The molecule has 5 rings (SSSR count). The molecular weight excluding hydrogens is 382 g/mol. The lowest BCUT2D eigenvalue weighted by Crippen LogP contribution is -2.40. The number of likely N-dealkylation sites (tertiary alicyclic amines) is 1. The maximum atomic E-state index is 13.2. The van der Waals surface area contributed by atoms with Crippen molar-refractivity contribution in [1.82, 2.24) is 35.0 Å². The predicted molar refractivity (Wildman–Crippen MR) is 110 cm³/mol. The number of H-pyrrole nitrogens is 1. The molecule has 0 saturated carbocycles. The van der Waals surface area contributed by atoms with Crippen LogP contribution in [0.4, 0.5) is 0 Å². The Kier molecular flexibility index (Phi) is 4.57. The van der Waals surface area contributed by atoms with Crippen molar-refractivity contribution in [1.29, 1.82) is 0 Å². The van der Waals surface area contributed by atoms with Crippen LogP contribution in [0, 0.1) is 0 Å². The molecule has 30 heavy (non-hydrogen) atoms. The summed E-state index contributed by atoms with van der Waals surface area (Å²) >= 11 is 0. The van der Waals surface area contributed by atoms with Gasteiger partial charge in [-0.1, -0.05) is 30.3 Å². The fourth-order valence-electron chi connectivity index (χ4n) is 3.92. The fourth-order valence-corrected chi connectivity index (χ4v) is 3.92. The first-order chi connectivity index (χ1) is 14.6. The van der Waals surface area contributed by atoms with E-state index in [0.717, 1.165) is 35.9 Å². The van der Waals surface area contributed by atoms with Gasteiger partial charge < -0.3 is 14.4 Å². The van der Waals surface area contributed by atoms with Gasteiger partial charge in [-0.05, 0) is 31.0 Å². The lowest BCUT2D eigenvalue weighted by atomic mass is 10.0. The van der Waals surface area contributed by atoms with E-state index in [1.807, 2.05) is 60.1 Å². The molecule has 9 nitrogen and oxygen atoms in total. The zero-order valence-electron chi connectivity index (χ0n) is 16.9. The van der Waals surface area contributed by atoms with E-state index >= 15 is 0 Å². The van der Waals surface area contributed by atoms with E-state index in [0.29, 0.717) is 24.0 Å². The van der Waals surface area contributed by atoms with Gasteiger partial charge in [-0.25, -0.2) is 4.68 Å². The van der Waals surface area contributed by atoms with Crippen LogP contribution in [0.5, 0.6) is 0 Å². The normalized spacial score (nSPS) is 17.2. The second-order valence-corrected chi connectivity index (χ2v) is 7.99. The second kappa shape index (κ2) is 7.40. The molecular formula is C21H23N7O2. The number of carbonyl (C=O) groups is 1. The molecule has 3 aromatic heterocycles. The van der Waals surface area contributed by atoms with E-state index in [1.54, 1.807) is 0 Å². The number of hydrogen-bond donors (Lipinski definition) is 1. The van der Waals surface area contributed by atoms with E-state index in [-0.39, 0.29) is 17.9 Å². The summed E-state index contributed by atoms with van der Waals surface area (Å²) in [5, 5.41) is 13.4. The molecule has 1 saturated heterocycles. The van der Waals surface area contributed by atoms with Gasteiger partial charge in [0.2, 0.25) is 0 Å². The van der Waals surface area contributed by atoms with Crippen molar-refractivity contribution in [2.24, 2.45) is 0 Å². The molecule has 0 bridgehead atoms.